The molecular formula is C27H38FN4O5+. The number of hydrogen-bond donors (Lipinski definition) is 2. The second-order valence-electron chi connectivity index (χ2n) is 10.3. The van der Waals surface area contributed by atoms with Crippen LogP contribution in [-0.2, 0) is 4.79 Å². The second kappa shape index (κ2) is 12.5. The van der Waals surface area contributed by atoms with Crippen LogP contribution in [-0.4, -0.2) is 65.2 Å². The predicted octanol–water partition coefficient (Wildman–Crippen LogP) is 3.01. The Balaban J connectivity index is 1.25. The number of halogens is 1. The van der Waals surface area contributed by atoms with Gasteiger partial charge in [0.25, 0.3) is 0 Å². The van der Waals surface area contributed by atoms with Crippen LogP contribution < -0.4 is 15.0 Å². The van der Waals surface area contributed by atoms with E-state index in [4.69, 9.17) is 14.4 Å². The lowest BCUT2D eigenvalue weighted by Crippen LogP contribution is -2.43. The van der Waals surface area contributed by atoms with Crippen LogP contribution in [0.4, 0.5) is 10.4 Å². The van der Waals surface area contributed by atoms with Gasteiger partial charge in [-0.05, 0) is 61.3 Å². The number of nitrogens with one attached hydrogen (secondary N) is 1. The first-order chi connectivity index (χ1) is 17.9. The van der Waals surface area contributed by atoms with Crippen molar-refractivity contribution in [2.75, 3.05) is 37.8 Å². The highest BCUT2D eigenvalue weighted by Crippen LogP contribution is 2.33. The molecule has 0 radical (unpaired) electrons. The molecule has 2 aliphatic rings. The van der Waals surface area contributed by atoms with Gasteiger partial charge in [-0.3, -0.25) is 4.79 Å². The summed E-state index contributed by atoms with van der Waals surface area (Å²) < 4.78 is 26.1. The number of allylic oxidation sites excluding steroid dienone is 2. The van der Waals surface area contributed by atoms with Gasteiger partial charge in [0.2, 0.25) is 5.91 Å². The van der Waals surface area contributed by atoms with Crippen LogP contribution in [0.25, 0.3) is 5.57 Å². The van der Waals surface area contributed by atoms with Gasteiger partial charge in [0.05, 0.1) is 13.2 Å². The van der Waals surface area contributed by atoms with Gasteiger partial charge in [0.15, 0.2) is 24.0 Å². The molecule has 202 valence electrons. The minimum absolute atomic E-state index is 0.0533. The molecule has 2 heterocycles. The predicted molar refractivity (Wildman–Crippen MR) is 138 cm³/mol. The van der Waals surface area contributed by atoms with E-state index in [2.05, 4.69) is 20.4 Å². The molecule has 1 aromatic heterocycles. The van der Waals surface area contributed by atoms with Crippen LogP contribution in [0, 0.1) is 17.7 Å². The van der Waals surface area contributed by atoms with Crippen LogP contribution in [0.5, 0.6) is 5.75 Å². The Hall–Kier alpha value is -2.98. The molecule has 1 amide bonds. The van der Waals surface area contributed by atoms with Crippen molar-refractivity contribution in [1.82, 2.24) is 15.5 Å². The average molecular weight is 518 g/mol. The summed E-state index contributed by atoms with van der Waals surface area (Å²) in [4.78, 5) is 18.9. The first-order valence-corrected chi connectivity index (χ1v) is 13.1. The van der Waals surface area contributed by atoms with Gasteiger partial charge >= 0.3 is 6.01 Å². The number of aromatic nitrogens is 2. The van der Waals surface area contributed by atoms with E-state index in [1.54, 1.807) is 6.07 Å². The summed E-state index contributed by atoms with van der Waals surface area (Å²) in [5.41, 5.74) is 1.82. The van der Waals surface area contributed by atoms with Gasteiger partial charge in [-0.2, -0.15) is 4.98 Å². The number of amides is 1. The van der Waals surface area contributed by atoms with E-state index < -0.39 is 6.04 Å². The third-order valence-electron chi connectivity index (χ3n) is 7.20. The van der Waals surface area contributed by atoms with E-state index in [1.165, 1.54) is 6.07 Å². The fraction of sp³-hybridized carbons (Fsp3) is 0.593. The molecule has 4 N–H and O–H groups in total. The largest absolute Gasteiger partial charge is 0.490 e. The van der Waals surface area contributed by atoms with Crippen molar-refractivity contribution in [3.05, 3.63) is 41.5 Å². The minimum atomic E-state index is -0.532. The van der Waals surface area contributed by atoms with E-state index in [1.807, 2.05) is 26.0 Å². The molecule has 0 bridgehead atoms. The molecule has 1 aliphatic carbocycles. The molecule has 2 aromatic rings. The number of benzene rings is 1. The molecule has 1 aliphatic heterocycles. The van der Waals surface area contributed by atoms with E-state index >= 15 is 0 Å². The third kappa shape index (κ3) is 6.87. The summed E-state index contributed by atoms with van der Waals surface area (Å²) in [6.45, 7) is 5.82. The van der Waals surface area contributed by atoms with Crippen molar-refractivity contribution in [1.29, 1.82) is 0 Å². The van der Waals surface area contributed by atoms with Crippen molar-refractivity contribution < 1.29 is 28.7 Å². The molecule has 10 heteroatoms. The second-order valence-corrected chi connectivity index (χ2v) is 10.3. The molecule has 9 nitrogen and oxygen atoms in total. The van der Waals surface area contributed by atoms with E-state index in [0.717, 1.165) is 37.1 Å². The fourth-order valence-electron chi connectivity index (χ4n) is 4.72. The van der Waals surface area contributed by atoms with Crippen LogP contribution in [0.2, 0.25) is 0 Å². The molecular weight excluding hydrogens is 479 g/mol. The Morgan fingerprint density at radius 3 is 2.70 bits per heavy atom. The quantitative estimate of drug-likeness (QED) is 0.464. The van der Waals surface area contributed by atoms with Crippen molar-refractivity contribution in [3.8, 4) is 5.75 Å². The molecule has 0 saturated carbocycles. The van der Waals surface area contributed by atoms with Crippen molar-refractivity contribution >= 4 is 17.5 Å². The number of nitrogens with zero attached hydrogens (tertiary/aromatic N) is 3. The van der Waals surface area contributed by atoms with Gasteiger partial charge in [-0.1, -0.05) is 31.1 Å². The fourth-order valence-corrected chi connectivity index (χ4v) is 4.72. The summed E-state index contributed by atoms with van der Waals surface area (Å²) in [6.07, 6.45) is 5.66. The number of anilines is 1. The Bertz CT molecular complexity index is 1080. The number of rotatable bonds is 10. The zero-order valence-electron chi connectivity index (χ0n) is 21.6. The van der Waals surface area contributed by atoms with E-state index in [0.29, 0.717) is 43.6 Å². The summed E-state index contributed by atoms with van der Waals surface area (Å²) >= 11 is 0. The smallest absolute Gasteiger partial charge is 0.324 e. The van der Waals surface area contributed by atoms with Crippen LogP contribution in [0.1, 0.15) is 63.3 Å². The number of carbonyl (C=O) groups excluding carboxylic acids is 1. The van der Waals surface area contributed by atoms with Crippen LogP contribution >= 0.6 is 0 Å². The molecule has 2 atom stereocenters. The monoisotopic (exact) mass is 517 g/mol. The summed E-state index contributed by atoms with van der Waals surface area (Å²) in [6, 6.07) is 5.10. The Labute approximate surface area is 216 Å². The third-order valence-corrected chi connectivity index (χ3v) is 7.20. The van der Waals surface area contributed by atoms with E-state index in [9.17, 15) is 14.3 Å². The van der Waals surface area contributed by atoms with E-state index in [-0.39, 0.29) is 42.5 Å². The lowest BCUT2D eigenvalue weighted by molar-refractivity contribution is -0.126. The van der Waals surface area contributed by atoms with Gasteiger partial charge in [0.1, 0.15) is 6.04 Å². The van der Waals surface area contributed by atoms with Gasteiger partial charge in [-0.25, -0.2) is 4.39 Å². The maximum Gasteiger partial charge on any atom is 0.324 e. The lowest BCUT2D eigenvalue weighted by Gasteiger charge is -2.30. The molecule has 0 spiro atoms. The number of ether oxygens (including phenoxy) is 1. The molecule has 37 heavy (non-hydrogen) atoms. The zero-order chi connectivity index (χ0) is 26.4. The summed E-state index contributed by atoms with van der Waals surface area (Å²) in [5.74, 6) is 0.799. The normalized spacial score (nSPS) is 19.6. The van der Waals surface area contributed by atoms with Gasteiger partial charge < -0.3 is 29.7 Å². The standard InChI is InChI=1S/C27H37FN4O5/c1-17(2)25-30-27(37-31-25)32-11-9-18(10-12-32)16-36-24-8-7-21(13-23(24)28)19-3-5-20(6-4-19)26(35)29-22(14-33)15-34/h3,7-8,13,17-18,20,22,33-34H,4-6,9-12,14-16H2,1-2H3,(H,29,35)/p+1. The van der Waals surface area contributed by atoms with Crippen LogP contribution in [0.15, 0.2) is 28.8 Å². The number of aliphatic hydroxyl groups excluding tert-OH is 1. The summed E-state index contributed by atoms with van der Waals surface area (Å²) in [7, 11) is 0. The van der Waals surface area contributed by atoms with Crippen molar-refractivity contribution in [3.63, 3.8) is 0 Å². The number of aliphatic hydroxyl groups is 1. The van der Waals surface area contributed by atoms with Crippen molar-refractivity contribution in [2.24, 2.45) is 11.8 Å². The number of piperidine rings is 1. The highest BCUT2D eigenvalue weighted by atomic mass is 19.1. The Kier molecular flexibility index (Phi) is 9.15. The first kappa shape index (κ1) is 27.1. The lowest BCUT2D eigenvalue weighted by atomic mass is 9.86. The maximum atomic E-state index is 14.8. The highest BCUT2D eigenvalue weighted by Gasteiger charge is 2.26. The van der Waals surface area contributed by atoms with Crippen LogP contribution in [0.3, 0.4) is 0 Å². The topological polar surface area (TPSA) is 124 Å². The highest BCUT2D eigenvalue weighted by molar-refractivity contribution is 5.81. The van der Waals surface area contributed by atoms with Gasteiger partial charge in [0, 0.05) is 24.9 Å². The molecule has 4 rings (SSSR count). The summed E-state index contributed by atoms with van der Waals surface area (Å²) in [5, 5.41) is 23.3. The molecule has 1 saturated heterocycles. The van der Waals surface area contributed by atoms with Crippen molar-refractivity contribution in [2.45, 2.75) is 57.9 Å². The zero-order valence-corrected chi connectivity index (χ0v) is 21.6. The first-order valence-electron chi connectivity index (χ1n) is 13.1. The number of carbonyl (C=O) groups is 1. The molecule has 2 unspecified atom stereocenters. The maximum absolute atomic E-state index is 14.8. The number of hydrogen-bond acceptors (Lipinski definition) is 7. The Morgan fingerprint density at radius 1 is 1.32 bits per heavy atom. The van der Waals surface area contributed by atoms with Gasteiger partial charge in [-0.15, -0.1) is 0 Å². The average Bonchev–Trinajstić information content (AvgIpc) is 3.42. The molecule has 1 fully saturated rings. The SMILES string of the molecule is CC(C)c1noc(N2CCC(COc3ccc(C4=CCC(C(=O)NC(CO)C[OH2+])CC4)cc3F)CC2)n1. The molecule has 1 aromatic carbocycles. The minimum Gasteiger partial charge on any atom is -0.490 e. The Morgan fingerprint density at radius 2 is 2.11 bits per heavy atom.